The molecule has 0 radical (unpaired) electrons. The van der Waals surface area contributed by atoms with Crippen molar-refractivity contribution in [1.29, 1.82) is 0 Å². The summed E-state index contributed by atoms with van der Waals surface area (Å²) in [6.45, 7) is 1.49. The van der Waals surface area contributed by atoms with Crippen LogP contribution in [0.1, 0.15) is 28.9 Å². The van der Waals surface area contributed by atoms with E-state index >= 15 is 0 Å². The maximum absolute atomic E-state index is 13.9. The zero-order chi connectivity index (χ0) is 26.7. The molecule has 2 aromatic carbocycles. The van der Waals surface area contributed by atoms with Crippen molar-refractivity contribution in [3.63, 3.8) is 0 Å². The van der Waals surface area contributed by atoms with Crippen LogP contribution >= 0.6 is 23.2 Å². The topological polar surface area (TPSA) is 131 Å². The Morgan fingerprint density at radius 1 is 1.14 bits per heavy atom. The van der Waals surface area contributed by atoms with Crippen molar-refractivity contribution in [3.05, 3.63) is 75.5 Å². The van der Waals surface area contributed by atoms with Gasteiger partial charge in [0, 0.05) is 35.3 Å². The summed E-state index contributed by atoms with van der Waals surface area (Å²) < 4.78 is 19.7. The number of carbonyl (C=O) groups excluding carboxylic acids is 3. The number of nitrogens with two attached hydrogens (primary N) is 1. The minimum absolute atomic E-state index is 0.0113. The highest BCUT2D eigenvalue weighted by molar-refractivity contribution is 6.36. The van der Waals surface area contributed by atoms with Crippen molar-refractivity contribution >= 4 is 52.7 Å². The first-order chi connectivity index (χ1) is 17.7. The van der Waals surface area contributed by atoms with Crippen LogP contribution in [-0.2, 0) is 4.79 Å². The molecule has 0 unspecified atom stereocenters. The minimum Gasteiger partial charge on any atom is -0.482 e. The van der Waals surface area contributed by atoms with E-state index in [1.807, 2.05) is 0 Å². The average Bonchev–Trinajstić information content (AvgIpc) is 2.88. The molecule has 1 fully saturated rings. The number of ether oxygens (including phenoxy) is 1. The first-order valence-electron chi connectivity index (χ1n) is 11.0. The number of carbonyl (C=O) groups is 3. The Hall–Kier alpha value is -3.96. The number of nitrogens with zero attached hydrogens (tertiary/aromatic N) is 4. The van der Waals surface area contributed by atoms with E-state index in [2.05, 4.69) is 15.5 Å². The number of benzene rings is 2. The van der Waals surface area contributed by atoms with Gasteiger partial charge in [0.25, 0.3) is 5.91 Å². The van der Waals surface area contributed by atoms with Crippen LogP contribution in [0.4, 0.5) is 20.8 Å². The highest BCUT2D eigenvalue weighted by Crippen LogP contribution is 2.36. The number of aromatic nitrogens is 2. The van der Waals surface area contributed by atoms with Gasteiger partial charge in [-0.1, -0.05) is 41.4 Å². The molecule has 3 aromatic rings. The first-order valence-corrected chi connectivity index (χ1v) is 11.8. The van der Waals surface area contributed by atoms with Gasteiger partial charge in [0.05, 0.1) is 5.02 Å². The fourth-order valence-electron chi connectivity index (χ4n) is 3.71. The Labute approximate surface area is 221 Å². The molecule has 0 spiro atoms. The summed E-state index contributed by atoms with van der Waals surface area (Å²) in [5.74, 6) is -1.64. The van der Waals surface area contributed by atoms with Gasteiger partial charge in [-0.05, 0) is 31.2 Å². The number of nitrogen functional groups attached to an aromatic ring is 1. The van der Waals surface area contributed by atoms with Crippen LogP contribution in [0.5, 0.6) is 5.75 Å². The highest BCUT2D eigenvalue weighted by Gasteiger charge is 2.32. The average molecular weight is 547 g/mol. The van der Waals surface area contributed by atoms with Gasteiger partial charge in [-0.25, -0.2) is 9.18 Å². The summed E-state index contributed by atoms with van der Waals surface area (Å²) in [4.78, 5) is 40.3. The van der Waals surface area contributed by atoms with E-state index < -0.39 is 23.9 Å². The molecule has 0 bridgehead atoms. The highest BCUT2D eigenvalue weighted by atomic mass is 35.5. The lowest BCUT2D eigenvalue weighted by atomic mass is 10.1. The van der Waals surface area contributed by atoms with Crippen molar-refractivity contribution < 1.29 is 23.5 Å². The Bertz CT molecular complexity index is 1360. The summed E-state index contributed by atoms with van der Waals surface area (Å²) in [5.41, 5.74) is 6.51. The van der Waals surface area contributed by atoms with Crippen LogP contribution in [-0.4, -0.2) is 57.5 Å². The van der Waals surface area contributed by atoms with Crippen molar-refractivity contribution in [2.45, 2.75) is 13.0 Å². The lowest BCUT2D eigenvalue weighted by molar-refractivity contribution is -0.131. The molecule has 4 rings (SSSR count). The van der Waals surface area contributed by atoms with Crippen molar-refractivity contribution in [2.24, 2.45) is 0 Å². The Morgan fingerprint density at radius 2 is 1.86 bits per heavy atom. The van der Waals surface area contributed by atoms with E-state index in [0.717, 1.165) is 11.0 Å². The van der Waals surface area contributed by atoms with Crippen LogP contribution < -0.4 is 15.8 Å². The molecule has 1 saturated heterocycles. The number of rotatable bonds is 5. The van der Waals surface area contributed by atoms with Crippen LogP contribution in [0.3, 0.4) is 0 Å². The van der Waals surface area contributed by atoms with Crippen LogP contribution in [0.15, 0.2) is 48.5 Å². The summed E-state index contributed by atoms with van der Waals surface area (Å²) in [5, 5.41) is 10.0. The number of urea groups is 1. The molecule has 37 heavy (non-hydrogen) atoms. The van der Waals surface area contributed by atoms with Gasteiger partial charge in [-0.3, -0.25) is 19.8 Å². The van der Waals surface area contributed by atoms with Gasteiger partial charge in [0.1, 0.15) is 18.5 Å². The van der Waals surface area contributed by atoms with Gasteiger partial charge in [-0.2, -0.15) is 0 Å². The monoisotopic (exact) mass is 546 g/mol. The largest absolute Gasteiger partial charge is 0.482 e. The predicted molar refractivity (Wildman–Crippen MR) is 135 cm³/mol. The fourth-order valence-corrected chi connectivity index (χ4v) is 4.38. The minimum atomic E-state index is -0.831. The molecule has 13 heteroatoms. The van der Waals surface area contributed by atoms with Gasteiger partial charge in [0.15, 0.2) is 17.4 Å². The molecule has 1 aliphatic rings. The molecule has 1 aliphatic heterocycles. The molecular formula is C24H21Cl2FN6O4. The molecule has 192 valence electrons. The van der Waals surface area contributed by atoms with Crippen LogP contribution in [0.25, 0.3) is 0 Å². The molecular weight excluding hydrogens is 526 g/mol. The number of hydrogen-bond acceptors (Lipinski definition) is 7. The van der Waals surface area contributed by atoms with Crippen molar-refractivity contribution in [3.8, 4) is 5.75 Å². The standard InChI is InChI=1S/C24H21Cl2FN6O4/c1-13(20-15(25)7-8-16(27)21(20)26)37-17-11-18(30-31-22(17)28)29-24(36)33-10-9-32(12-19(33)34)23(35)14-5-3-2-4-6-14/h2-8,11,13H,9-10,12H2,1H3,(H2,28,31)(H,29,30,36)/t13-/m1/s1. The smallest absolute Gasteiger partial charge is 0.329 e. The SMILES string of the molecule is C[C@@H](Oc1cc(NC(=O)N2CCN(C(=O)c3ccccc3)CC2=O)nnc1N)c1c(Cl)ccc(F)c1Cl. The summed E-state index contributed by atoms with van der Waals surface area (Å²) in [6.07, 6.45) is -0.831. The fraction of sp³-hybridized carbons (Fsp3) is 0.208. The second-order valence-electron chi connectivity index (χ2n) is 8.06. The normalized spacial score (nSPS) is 14.3. The maximum atomic E-state index is 13.9. The molecule has 10 nitrogen and oxygen atoms in total. The maximum Gasteiger partial charge on any atom is 0.329 e. The predicted octanol–water partition coefficient (Wildman–Crippen LogP) is 4.16. The number of halogens is 3. The Balaban J connectivity index is 1.42. The first kappa shape index (κ1) is 26.1. The molecule has 3 N–H and O–H groups in total. The van der Waals surface area contributed by atoms with E-state index in [-0.39, 0.29) is 58.5 Å². The number of imide groups is 1. The van der Waals surface area contributed by atoms with Crippen molar-refractivity contribution in [2.75, 3.05) is 30.7 Å². The molecule has 2 heterocycles. The number of nitrogens with one attached hydrogen (secondary N) is 1. The van der Waals surface area contributed by atoms with Gasteiger partial charge in [0.2, 0.25) is 5.91 Å². The number of piperazine rings is 1. The third-order valence-corrected chi connectivity index (χ3v) is 6.30. The van der Waals surface area contributed by atoms with E-state index in [4.69, 9.17) is 33.7 Å². The second kappa shape index (κ2) is 11.0. The Kier molecular flexibility index (Phi) is 7.74. The van der Waals surface area contributed by atoms with E-state index in [0.29, 0.717) is 5.56 Å². The Morgan fingerprint density at radius 3 is 2.57 bits per heavy atom. The van der Waals surface area contributed by atoms with Gasteiger partial charge in [-0.15, -0.1) is 10.2 Å². The number of amides is 4. The number of anilines is 2. The van der Waals surface area contributed by atoms with E-state index in [9.17, 15) is 18.8 Å². The summed E-state index contributed by atoms with van der Waals surface area (Å²) in [7, 11) is 0. The molecule has 1 aromatic heterocycles. The molecule has 0 aliphatic carbocycles. The lowest BCUT2D eigenvalue weighted by Gasteiger charge is -2.33. The van der Waals surface area contributed by atoms with Crippen LogP contribution in [0.2, 0.25) is 10.0 Å². The summed E-state index contributed by atoms with van der Waals surface area (Å²) >= 11 is 12.2. The zero-order valence-electron chi connectivity index (χ0n) is 19.5. The molecule has 4 amide bonds. The van der Waals surface area contributed by atoms with Crippen LogP contribution in [0, 0.1) is 5.82 Å². The van der Waals surface area contributed by atoms with Gasteiger partial charge < -0.3 is 15.4 Å². The number of hydrogen-bond donors (Lipinski definition) is 2. The van der Waals surface area contributed by atoms with Crippen molar-refractivity contribution in [1.82, 2.24) is 20.0 Å². The third-order valence-electron chi connectivity index (χ3n) is 5.58. The quantitative estimate of drug-likeness (QED) is 0.459. The molecule has 1 atom stereocenters. The van der Waals surface area contributed by atoms with Gasteiger partial charge >= 0.3 is 6.03 Å². The summed E-state index contributed by atoms with van der Waals surface area (Å²) in [6, 6.07) is 11.6. The van der Waals surface area contributed by atoms with E-state index in [1.165, 1.54) is 17.0 Å². The molecule has 0 saturated carbocycles. The lowest BCUT2D eigenvalue weighted by Crippen LogP contribution is -2.55. The zero-order valence-corrected chi connectivity index (χ0v) is 21.0. The van der Waals surface area contributed by atoms with E-state index in [1.54, 1.807) is 37.3 Å². The third kappa shape index (κ3) is 5.73. The second-order valence-corrected chi connectivity index (χ2v) is 8.85.